The van der Waals surface area contributed by atoms with Crippen molar-refractivity contribution in [1.82, 2.24) is 0 Å². The van der Waals surface area contributed by atoms with Gasteiger partial charge in [0.1, 0.15) is 0 Å². The molecule has 178 valence electrons. The molecule has 2 aromatic carbocycles. The van der Waals surface area contributed by atoms with E-state index >= 15 is 0 Å². The Morgan fingerprint density at radius 2 is 1.03 bits per heavy atom. The first-order chi connectivity index (χ1) is 16.0. The zero-order chi connectivity index (χ0) is 25.2. The van der Waals surface area contributed by atoms with Crippen molar-refractivity contribution in [2.75, 3.05) is 0 Å². The van der Waals surface area contributed by atoms with E-state index in [1.54, 1.807) is 50.3 Å². The number of aliphatic imine (C=N–C) groups is 2. The first-order valence-electron chi connectivity index (χ1n) is 10.1. The van der Waals surface area contributed by atoms with E-state index in [-0.39, 0.29) is 11.4 Å². The van der Waals surface area contributed by atoms with Gasteiger partial charge in [0, 0.05) is 12.4 Å². The molecule has 0 aromatic heterocycles. The van der Waals surface area contributed by atoms with Gasteiger partial charge in [-0.2, -0.15) is 26.3 Å². The summed E-state index contributed by atoms with van der Waals surface area (Å²) in [5.41, 5.74) is 0.0565. The highest BCUT2D eigenvalue weighted by Gasteiger charge is 2.31. The van der Waals surface area contributed by atoms with Gasteiger partial charge >= 0.3 is 12.4 Å². The van der Waals surface area contributed by atoms with Gasteiger partial charge in [-0.25, -0.2) is 0 Å². The summed E-state index contributed by atoms with van der Waals surface area (Å²) in [5.74, 6) is 0. The van der Waals surface area contributed by atoms with E-state index in [2.05, 4.69) is 9.98 Å². The van der Waals surface area contributed by atoms with Crippen LogP contribution in [0.5, 0.6) is 0 Å². The Bertz CT molecular complexity index is 1050. The Balaban J connectivity index is 2.32. The summed E-state index contributed by atoms with van der Waals surface area (Å²) in [6.45, 7) is 3.59. The lowest BCUT2D eigenvalue weighted by atomic mass is 10.0. The van der Waals surface area contributed by atoms with E-state index in [1.807, 2.05) is 0 Å². The highest BCUT2D eigenvalue weighted by molar-refractivity contribution is 5.82. The van der Waals surface area contributed by atoms with Crippen molar-refractivity contribution < 1.29 is 26.3 Å². The van der Waals surface area contributed by atoms with Crippen LogP contribution in [0.25, 0.3) is 0 Å². The molecular weight excluding hydrogens is 454 g/mol. The summed E-state index contributed by atoms with van der Waals surface area (Å²) in [6.07, 6.45) is 4.14. The van der Waals surface area contributed by atoms with Gasteiger partial charge in [0.05, 0.1) is 22.5 Å². The molecule has 2 aromatic rings. The van der Waals surface area contributed by atoms with Crippen molar-refractivity contribution in [3.05, 3.63) is 107 Å². The number of allylic oxidation sites excluding steroid dienone is 8. The molecule has 2 nitrogen and oxygen atoms in total. The van der Waals surface area contributed by atoms with E-state index in [9.17, 15) is 26.3 Å². The molecule has 0 spiro atoms. The Morgan fingerprint density at radius 3 is 1.35 bits per heavy atom. The monoisotopic (exact) mass is 476 g/mol. The second-order valence-corrected chi connectivity index (χ2v) is 6.90. The van der Waals surface area contributed by atoms with Crippen LogP contribution in [0.15, 0.2) is 106 Å². The lowest BCUT2D eigenvalue weighted by molar-refractivity contribution is -0.138. The van der Waals surface area contributed by atoms with Crippen molar-refractivity contribution >= 4 is 23.8 Å². The van der Waals surface area contributed by atoms with Crippen LogP contribution in [-0.2, 0) is 12.4 Å². The molecular formula is C26H22F6N2. The Kier molecular flexibility index (Phi) is 9.36. The lowest BCUT2D eigenvalue weighted by Crippen LogP contribution is -2.03. The third-order valence-corrected chi connectivity index (χ3v) is 4.33. The maximum absolute atomic E-state index is 12.9. The molecule has 0 N–H and O–H groups in total. The molecule has 34 heavy (non-hydrogen) atoms. The van der Waals surface area contributed by atoms with Gasteiger partial charge in [-0.3, -0.25) is 9.98 Å². The van der Waals surface area contributed by atoms with Crippen molar-refractivity contribution in [2.24, 2.45) is 9.98 Å². The number of hydrogen-bond donors (Lipinski definition) is 0. The topological polar surface area (TPSA) is 24.7 Å². The van der Waals surface area contributed by atoms with E-state index in [1.165, 1.54) is 36.7 Å². The standard InChI is InChI=1S/C26H22F6N2/c1-3-7-19(13-15-33-23-11-5-9-21(17-23)25(27,28)29)20(8-4-2)14-16-34-24-12-6-10-22(18-24)26(30,31)32/h3-18H,1-2H3/b7-3-,8-4-,19-13-,20-14+,33-15?,34-16?. The van der Waals surface area contributed by atoms with Gasteiger partial charge in [-0.1, -0.05) is 36.4 Å². The van der Waals surface area contributed by atoms with Gasteiger partial charge in [0.15, 0.2) is 0 Å². The Labute approximate surface area is 194 Å². The predicted octanol–water partition coefficient (Wildman–Crippen LogP) is 8.83. The van der Waals surface area contributed by atoms with Crippen molar-refractivity contribution in [1.29, 1.82) is 0 Å². The summed E-state index contributed by atoms with van der Waals surface area (Å²) in [5, 5.41) is 0. The van der Waals surface area contributed by atoms with Crippen molar-refractivity contribution in [3.8, 4) is 0 Å². The quantitative estimate of drug-likeness (QED) is 0.217. The zero-order valence-electron chi connectivity index (χ0n) is 18.4. The third-order valence-electron chi connectivity index (χ3n) is 4.33. The summed E-state index contributed by atoms with van der Waals surface area (Å²) in [4.78, 5) is 8.16. The summed E-state index contributed by atoms with van der Waals surface area (Å²) in [6, 6.07) is 9.31. The van der Waals surface area contributed by atoms with Crippen LogP contribution in [-0.4, -0.2) is 12.4 Å². The van der Waals surface area contributed by atoms with E-state index in [4.69, 9.17) is 0 Å². The van der Waals surface area contributed by atoms with Crippen LogP contribution in [0, 0.1) is 0 Å². The average Bonchev–Trinajstić information content (AvgIpc) is 2.77. The largest absolute Gasteiger partial charge is 0.416 e. The molecule has 0 fully saturated rings. The second-order valence-electron chi connectivity index (χ2n) is 6.90. The second kappa shape index (κ2) is 12.0. The molecule has 0 atom stereocenters. The molecule has 0 heterocycles. The third kappa shape index (κ3) is 8.35. The molecule has 0 bridgehead atoms. The lowest BCUT2D eigenvalue weighted by Gasteiger charge is -2.06. The van der Waals surface area contributed by atoms with Crippen molar-refractivity contribution in [3.63, 3.8) is 0 Å². The van der Waals surface area contributed by atoms with Crippen LogP contribution in [0.1, 0.15) is 25.0 Å². The number of halogens is 6. The maximum atomic E-state index is 12.9. The molecule has 0 aliphatic heterocycles. The highest BCUT2D eigenvalue weighted by atomic mass is 19.4. The molecule has 0 aliphatic carbocycles. The smallest absolute Gasteiger partial charge is 0.257 e. The van der Waals surface area contributed by atoms with Crippen molar-refractivity contribution in [2.45, 2.75) is 26.2 Å². The molecule has 0 radical (unpaired) electrons. The van der Waals surface area contributed by atoms with E-state index < -0.39 is 23.5 Å². The molecule has 0 saturated carbocycles. The molecule has 0 saturated heterocycles. The van der Waals surface area contributed by atoms with Gasteiger partial charge in [0.25, 0.3) is 0 Å². The Hall–Kier alpha value is -3.68. The van der Waals surface area contributed by atoms with Gasteiger partial charge in [-0.15, -0.1) is 0 Å². The van der Waals surface area contributed by atoms with Crippen LogP contribution in [0.2, 0.25) is 0 Å². The highest BCUT2D eigenvalue weighted by Crippen LogP contribution is 2.32. The number of rotatable bonds is 7. The fourth-order valence-corrected chi connectivity index (χ4v) is 2.79. The number of benzene rings is 2. The minimum Gasteiger partial charge on any atom is -0.257 e. The summed E-state index contributed by atoms with van der Waals surface area (Å²) >= 11 is 0. The number of alkyl halides is 6. The number of hydrogen-bond acceptors (Lipinski definition) is 2. The molecule has 0 aliphatic rings. The number of nitrogens with zero attached hydrogens (tertiary/aromatic N) is 2. The minimum absolute atomic E-state index is 0.147. The predicted molar refractivity (Wildman–Crippen MR) is 125 cm³/mol. The molecule has 2 rings (SSSR count). The van der Waals surface area contributed by atoms with E-state index in [0.29, 0.717) is 11.1 Å². The minimum atomic E-state index is -4.46. The molecule has 8 heteroatoms. The van der Waals surface area contributed by atoms with Crippen LogP contribution < -0.4 is 0 Å². The SMILES string of the molecule is C\C=C/C(=C/C=Nc1cccc(C(F)(F)F)c1)C(/C=C\C)=C/C=Nc1cccc(C(F)(F)F)c1. The Morgan fingerprint density at radius 1 is 0.647 bits per heavy atom. The fraction of sp³-hybridized carbons (Fsp3) is 0.154. The summed E-state index contributed by atoms with van der Waals surface area (Å²) < 4.78 is 77.2. The normalized spacial score (nSPS) is 14.4. The maximum Gasteiger partial charge on any atom is 0.416 e. The van der Waals surface area contributed by atoms with E-state index in [0.717, 1.165) is 24.3 Å². The van der Waals surface area contributed by atoms with Gasteiger partial charge in [0.2, 0.25) is 0 Å². The average molecular weight is 476 g/mol. The molecule has 0 unspecified atom stereocenters. The molecule has 0 amide bonds. The van der Waals surface area contributed by atoms with Crippen LogP contribution in [0.3, 0.4) is 0 Å². The summed E-state index contributed by atoms with van der Waals surface area (Å²) in [7, 11) is 0. The van der Waals surface area contributed by atoms with Crippen LogP contribution >= 0.6 is 0 Å². The fourth-order valence-electron chi connectivity index (χ4n) is 2.79. The van der Waals surface area contributed by atoms with Gasteiger partial charge in [-0.05, 0) is 73.5 Å². The first kappa shape index (κ1) is 26.6. The van der Waals surface area contributed by atoms with Gasteiger partial charge < -0.3 is 0 Å². The van der Waals surface area contributed by atoms with Crippen LogP contribution in [0.4, 0.5) is 37.7 Å². The first-order valence-corrected chi connectivity index (χ1v) is 10.1. The zero-order valence-corrected chi connectivity index (χ0v) is 18.4.